The summed E-state index contributed by atoms with van der Waals surface area (Å²) in [6.45, 7) is 8.77. The summed E-state index contributed by atoms with van der Waals surface area (Å²) in [5.74, 6) is 0. The van der Waals surface area contributed by atoms with E-state index in [1.807, 2.05) is 6.92 Å². The summed E-state index contributed by atoms with van der Waals surface area (Å²) < 4.78 is 33.4. The van der Waals surface area contributed by atoms with Crippen molar-refractivity contribution in [3.8, 4) is 0 Å². The first-order valence-corrected chi connectivity index (χ1v) is 7.73. The lowest BCUT2D eigenvalue weighted by atomic mass is 10.1. The van der Waals surface area contributed by atoms with Crippen LogP contribution in [-0.4, -0.2) is 21.1 Å². The number of aryl methyl sites for hydroxylation is 3. The molecule has 0 unspecified atom stereocenters. The number of rotatable bonds is 6. The summed E-state index contributed by atoms with van der Waals surface area (Å²) in [7, 11) is -4.10. The minimum atomic E-state index is -4.10. The molecular formula is C14H19NO5S. The molecular weight excluding hydrogens is 294 g/mol. The van der Waals surface area contributed by atoms with Gasteiger partial charge in [-0.15, -0.1) is 10.9 Å². The smallest absolute Gasteiger partial charge is 0.432 e. The Bertz CT molecular complexity index is 614. The molecule has 1 N–H and O–H groups in total. The van der Waals surface area contributed by atoms with Crippen molar-refractivity contribution >= 4 is 16.2 Å². The molecule has 0 saturated heterocycles. The second-order valence-electron chi connectivity index (χ2n) is 4.58. The van der Waals surface area contributed by atoms with Crippen LogP contribution < -0.4 is 5.48 Å². The Kier molecular flexibility index (Phi) is 5.92. The summed E-state index contributed by atoms with van der Waals surface area (Å²) in [5, 5.41) is 0. The molecule has 0 aliphatic heterocycles. The summed E-state index contributed by atoms with van der Waals surface area (Å²) in [6, 6.07) is 3.46. The fraction of sp³-hybridized carbons (Fsp3) is 0.357. The molecule has 0 atom stereocenters. The minimum absolute atomic E-state index is 0.0412. The lowest BCUT2D eigenvalue weighted by Gasteiger charge is -2.12. The predicted octanol–water partition coefficient (Wildman–Crippen LogP) is 2.53. The third kappa shape index (κ3) is 4.87. The molecule has 21 heavy (non-hydrogen) atoms. The van der Waals surface area contributed by atoms with E-state index in [1.165, 1.54) is 0 Å². The van der Waals surface area contributed by atoms with Crippen LogP contribution >= 0.6 is 0 Å². The zero-order valence-electron chi connectivity index (χ0n) is 12.3. The summed E-state index contributed by atoms with van der Waals surface area (Å²) in [4.78, 5) is 11.3. The van der Waals surface area contributed by atoms with Crippen molar-refractivity contribution in [3.63, 3.8) is 0 Å². The van der Waals surface area contributed by atoms with Gasteiger partial charge in [-0.25, -0.2) is 4.79 Å². The lowest BCUT2D eigenvalue weighted by molar-refractivity contribution is 0.104. The molecule has 0 heterocycles. The lowest BCUT2D eigenvalue weighted by Crippen LogP contribution is -2.28. The molecule has 0 aliphatic carbocycles. The van der Waals surface area contributed by atoms with E-state index in [-0.39, 0.29) is 11.5 Å². The van der Waals surface area contributed by atoms with Gasteiger partial charge in [0, 0.05) is 0 Å². The normalized spacial score (nSPS) is 11.0. The van der Waals surface area contributed by atoms with Crippen LogP contribution in [0.15, 0.2) is 29.7 Å². The van der Waals surface area contributed by atoms with Gasteiger partial charge >= 0.3 is 16.2 Å². The van der Waals surface area contributed by atoms with E-state index in [2.05, 4.69) is 15.6 Å². The van der Waals surface area contributed by atoms with Gasteiger partial charge in [0.25, 0.3) is 0 Å². The highest BCUT2D eigenvalue weighted by molar-refractivity contribution is 7.86. The molecule has 0 aliphatic rings. The highest BCUT2D eigenvalue weighted by Crippen LogP contribution is 2.22. The Hall–Kier alpha value is -1.86. The van der Waals surface area contributed by atoms with E-state index < -0.39 is 16.2 Å². The first kappa shape index (κ1) is 17.2. The minimum Gasteiger partial charge on any atom is -0.448 e. The van der Waals surface area contributed by atoms with Gasteiger partial charge < -0.3 is 4.74 Å². The summed E-state index contributed by atoms with van der Waals surface area (Å²) in [6.07, 6.45) is 1.07. The zero-order valence-corrected chi connectivity index (χ0v) is 13.1. The number of hydrogen-bond donors (Lipinski definition) is 1. The van der Waals surface area contributed by atoms with Crippen molar-refractivity contribution in [1.82, 2.24) is 5.48 Å². The first-order valence-electron chi connectivity index (χ1n) is 6.33. The number of carbonyl (C=O) groups is 1. The average molecular weight is 313 g/mol. The second kappa shape index (κ2) is 7.24. The maximum Gasteiger partial charge on any atom is 0.432 e. The molecule has 6 nitrogen and oxygen atoms in total. The van der Waals surface area contributed by atoms with E-state index >= 15 is 0 Å². The Morgan fingerprint density at radius 1 is 1.29 bits per heavy atom. The van der Waals surface area contributed by atoms with Crippen LogP contribution in [0.1, 0.15) is 23.1 Å². The molecule has 0 bridgehead atoms. The van der Waals surface area contributed by atoms with E-state index in [0.29, 0.717) is 17.5 Å². The monoisotopic (exact) mass is 313 g/mol. The Morgan fingerprint density at radius 2 is 1.86 bits per heavy atom. The van der Waals surface area contributed by atoms with Gasteiger partial charge in [-0.3, -0.25) is 0 Å². The fourth-order valence-corrected chi connectivity index (χ4v) is 3.12. The van der Waals surface area contributed by atoms with Crippen LogP contribution in [0.4, 0.5) is 4.79 Å². The molecule has 1 aromatic rings. The van der Waals surface area contributed by atoms with E-state index in [4.69, 9.17) is 0 Å². The molecule has 0 saturated carbocycles. The zero-order chi connectivity index (χ0) is 16.0. The SMILES string of the molecule is C=CCCOC(=O)NOS(=O)(=O)c1c(C)cc(C)cc1C. The van der Waals surface area contributed by atoms with Crippen molar-refractivity contribution in [3.05, 3.63) is 41.5 Å². The molecule has 0 fully saturated rings. The maximum atomic E-state index is 12.1. The van der Waals surface area contributed by atoms with E-state index in [1.54, 1.807) is 37.5 Å². The third-order valence-electron chi connectivity index (χ3n) is 2.64. The van der Waals surface area contributed by atoms with Crippen LogP contribution in [0.5, 0.6) is 0 Å². The molecule has 0 aromatic heterocycles. The van der Waals surface area contributed by atoms with Crippen molar-refractivity contribution in [2.75, 3.05) is 6.61 Å². The highest BCUT2D eigenvalue weighted by atomic mass is 32.2. The standard InChI is InChI=1S/C14H19NO5S/c1-5-6-7-19-14(16)15-20-21(17,18)13-11(3)8-10(2)9-12(13)4/h5,8-9H,1,6-7H2,2-4H3,(H,15,16). The number of ether oxygens (including phenoxy) is 1. The van der Waals surface area contributed by atoms with Crippen molar-refractivity contribution < 1.29 is 22.2 Å². The average Bonchev–Trinajstić information content (AvgIpc) is 2.35. The summed E-state index contributed by atoms with van der Waals surface area (Å²) >= 11 is 0. The first-order chi connectivity index (χ1) is 9.77. The maximum absolute atomic E-state index is 12.1. The largest absolute Gasteiger partial charge is 0.448 e. The number of benzene rings is 1. The quantitative estimate of drug-likeness (QED) is 0.496. The number of carbonyl (C=O) groups excluding carboxylic acids is 1. The number of hydroxylamine groups is 1. The van der Waals surface area contributed by atoms with Crippen LogP contribution in [0.2, 0.25) is 0 Å². The van der Waals surface area contributed by atoms with Crippen LogP contribution in [0, 0.1) is 20.8 Å². The Labute approximate surface area is 124 Å². The topological polar surface area (TPSA) is 81.7 Å². The van der Waals surface area contributed by atoms with Gasteiger partial charge in [0.15, 0.2) is 0 Å². The van der Waals surface area contributed by atoms with Crippen molar-refractivity contribution in [2.45, 2.75) is 32.1 Å². The van der Waals surface area contributed by atoms with Gasteiger partial charge in [0.1, 0.15) is 4.90 Å². The molecule has 1 amide bonds. The molecule has 1 rings (SSSR count). The molecule has 1 aromatic carbocycles. The van der Waals surface area contributed by atoms with Gasteiger partial charge in [-0.1, -0.05) is 23.8 Å². The molecule has 0 radical (unpaired) electrons. The number of nitrogens with one attached hydrogen (secondary N) is 1. The van der Waals surface area contributed by atoms with Gasteiger partial charge in [-0.2, -0.15) is 13.9 Å². The Balaban J connectivity index is 2.79. The van der Waals surface area contributed by atoms with Gasteiger partial charge in [-0.05, 0) is 38.3 Å². The van der Waals surface area contributed by atoms with E-state index in [0.717, 1.165) is 5.56 Å². The molecule has 7 heteroatoms. The fourth-order valence-electron chi connectivity index (χ4n) is 1.96. The third-order valence-corrected chi connectivity index (χ3v) is 4.09. The molecule has 116 valence electrons. The van der Waals surface area contributed by atoms with Crippen LogP contribution in [0.3, 0.4) is 0 Å². The number of hydrogen-bond acceptors (Lipinski definition) is 5. The second-order valence-corrected chi connectivity index (χ2v) is 6.06. The van der Waals surface area contributed by atoms with Gasteiger partial charge in [0.05, 0.1) is 6.61 Å². The number of amides is 1. The predicted molar refractivity (Wildman–Crippen MR) is 78.2 cm³/mol. The van der Waals surface area contributed by atoms with Gasteiger partial charge in [0.2, 0.25) is 0 Å². The molecule has 0 spiro atoms. The highest BCUT2D eigenvalue weighted by Gasteiger charge is 2.22. The van der Waals surface area contributed by atoms with Crippen LogP contribution in [-0.2, 0) is 19.1 Å². The summed E-state index contributed by atoms with van der Waals surface area (Å²) in [5.41, 5.74) is 3.81. The van der Waals surface area contributed by atoms with Crippen molar-refractivity contribution in [1.29, 1.82) is 0 Å². The van der Waals surface area contributed by atoms with Crippen molar-refractivity contribution in [2.24, 2.45) is 0 Å². The van der Waals surface area contributed by atoms with E-state index in [9.17, 15) is 13.2 Å². The Morgan fingerprint density at radius 3 is 2.38 bits per heavy atom. The van der Waals surface area contributed by atoms with Crippen LogP contribution in [0.25, 0.3) is 0 Å².